The first-order valence-electron chi connectivity index (χ1n) is 7.22. The highest BCUT2D eigenvalue weighted by Gasteiger charge is 2.32. The van der Waals surface area contributed by atoms with Gasteiger partial charge in [-0.2, -0.15) is 23.0 Å². The summed E-state index contributed by atoms with van der Waals surface area (Å²) < 4.78 is 54.1. The number of nitrogens with zero attached hydrogens (tertiary/aromatic N) is 2. The fourth-order valence-corrected chi connectivity index (χ4v) is 2.74. The summed E-state index contributed by atoms with van der Waals surface area (Å²) in [5.74, 6) is -1.06. The van der Waals surface area contributed by atoms with Gasteiger partial charge in [0.15, 0.2) is 0 Å². The number of H-pyrrole nitrogens is 1. The first kappa shape index (κ1) is 15.4. The van der Waals surface area contributed by atoms with Crippen molar-refractivity contribution in [3.63, 3.8) is 0 Å². The normalized spacial score (nSPS) is 12.2. The van der Waals surface area contributed by atoms with Gasteiger partial charge in [-0.05, 0) is 24.3 Å². The second kappa shape index (κ2) is 5.17. The van der Waals surface area contributed by atoms with E-state index in [4.69, 9.17) is 0 Å². The number of hydrogen-bond acceptors (Lipinski definition) is 2. The van der Waals surface area contributed by atoms with Crippen LogP contribution in [0.3, 0.4) is 0 Å². The Morgan fingerprint density at radius 3 is 2.48 bits per heavy atom. The van der Waals surface area contributed by atoms with Crippen molar-refractivity contribution in [2.45, 2.75) is 6.18 Å². The summed E-state index contributed by atoms with van der Waals surface area (Å²) in [5, 5.41) is 4.02. The monoisotopic (exact) mass is 347 g/mol. The Kier molecular flexibility index (Phi) is 3.18. The van der Waals surface area contributed by atoms with Crippen LogP contribution >= 0.6 is 0 Å². The molecule has 126 valence electrons. The Balaban J connectivity index is 2.08. The van der Waals surface area contributed by atoms with Crippen LogP contribution in [0.5, 0.6) is 0 Å². The maximum atomic E-state index is 14.1. The standard InChI is InChI=1S/C17H9F4N3O/c18-13-7-9(17(19,20)21)6-11-14-12(8-22-15(11)13)16(25)24(23-14)10-4-2-1-3-5-10/h1-8,22H. The van der Waals surface area contributed by atoms with Gasteiger partial charge in [0.2, 0.25) is 0 Å². The second-order valence-corrected chi connectivity index (χ2v) is 5.48. The highest BCUT2D eigenvalue weighted by atomic mass is 19.4. The molecule has 0 amide bonds. The number of benzene rings is 2. The molecule has 0 saturated heterocycles. The lowest BCUT2D eigenvalue weighted by Crippen LogP contribution is -2.14. The molecule has 25 heavy (non-hydrogen) atoms. The SMILES string of the molecule is O=c1c2c[nH]c3c(F)cc(C(F)(F)F)cc3c-2nn1-c1ccccc1. The van der Waals surface area contributed by atoms with E-state index >= 15 is 0 Å². The van der Waals surface area contributed by atoms with Crippen molar-refractivity contribution >= 4 is 10.9 Å². The number of fused-ring (bicyclic) bond motifs is 3. The Morgan fingerprint density at radius 2 is 1.80 bits per heavy atom. The maximum Gasteiger partial charge on any atom is 0.416 e. The number of para-hydroxylation sites is 1. The fourth-order valence-electron chi connectivity index (χ4n) is 2.74. The minimum atomic E-state index is -4.71. The van der Waals surface area contributed by atoms with Crippen LogP contribution in [0, 0.1) is 5.82 Å². The molecule has 0 radical (unpaired) electrons. The predicted octanol–water partition coefficient (Wildman–Crippen LogP) is 3.98. The summed E-state index contributed by atoms with van der Waals surface area (Å²) in [7, 11) is 0. The minimum absolute atomic E-state index is 0.00704. The summed E-state index contributed by atoms with van der Waals surface area (Å²) in [6, 6.07) is 9.64. The van der Waals surface area contributed by atoms with Crippen LogP contribution in [0.15, 0.2) is 53.5 Å². The maximum absolute atomic E-state index is 14.1. The van der Waals surface area contributed by atoms with Gasteiger partial charge in [-0.1, -0.05) is 18.2 Å². The minimum Gasteiger partial charge on any atom is -0.358 e. The van der Waals surface area contributed by atoms with E-state index in [9.17, 15) is 22.4 Å². The third kappa shape index (κ3) is 2.37. The van der Waals surface area contributed by atoms with Crippen molar-refractivity contribution in [2.24, 2.45) is 0 Å². The van der Waals surface area contributed by atoms with Crippen molar-refractivity contribution in [2.75, 3.05) is 0 Å². The van der Waals surface area contributed by atoms with Crippen molar-refractivity contribution in [3.05, 3.63) is 70.4 Å². The zero-order chi connectivity index (χ0) is 17.8. The number of rotatable bonds is 1. The van der Waals surface area contributed by atoms with Gasteiger partial charge in [-0.3, -0.25) is 4.79 Å². The lowest BCUT2D eigenvalue weighted by atomic mass is 10.0. The van der Waals surface area contributed by atoms with Gasteiger partial charge in [-0.25, -0.2) is 4.39 Å². The zero-order valence-corrected chi connectivity index (χ0v) is 12.4. The lowest BCUT2D eigenvalue weighted by molar-refractivity contribution is -0.137. The van der Waals surface area contributed by atoms with Gasteiger partial charge in [0.25, 0.3) is 5.56 Å². The van der Waals surface area contributed by atoms with E-state index in [-0.39, 0.29) is 22.2 Å². The number of halogens is 4. The molecule has 2 aliphatic rings. The molecule has 0 unspecified atom stereocenters. The summed E-state index contributed by atoms with van der Waals surface area (Å²) >= 11 is 0. The third-order valence-corrected chi connectivity index (χ3v) is 3.91. The molecule has 0 saturated carbocycles. The van der Waals surface area contributed by atoms with Crippen LogP contribution in [-0.2, 0) is 6.18 Å². The predicted molar refractivity (Wildman–Crippen MR) is 83.3 cm³/mol. The molecule has 0 spiro atoms. The van der Waals surface area contributed by atoms with Gasteiger partial charge in [0.1, 0.15) is 11.5 Å². The summed E-state index contributed by atoms with van der Waals surface area (Å²) in [5.41, 5.74) is -1.23. The van der Waals surface area contributed by atoms with Gasteiger partial charge in [0.05, 0.1) is 22.3 Å². The molecule has 0 fully saturated rings. The van der Waals surface area contributed by atoms with Gasteiger partial charge >= 0.3 is 6.18 Å². The largest absolute Gasteiger partial charge is 0.416 e. The van der Waals surface area contributed by atoms with E-state index in [1.54, 1.807) is 30.3 Å². The van der Waals surface area contributed by atoms with Crippen LogP contribution in [-0.4, -0.2) is 14.8 Å². The molecule has 0 aromatic heterocycles. The number of aromatic amines is 1. The van der Waals surface area contributed by atoms with E-state index in [0.717, 1.165) is 10.7 Å². The summed E-state index contributed by atoms with van der Waals surface area (Å²) in [6.45, 7) is 0. The van der Waals surface area contributed by atoms with Crippen LogP contribution in [0.25, 0.3) is 27.8 Å². The smallest absolute Gasteiger partial charge is 0.358 e. The van der Waals surface area contributed by atoms with Gasteiger partial charge < -0.3 is 4.98 Å². The van der Waals surface area contributed by atoms with Crippen LogP contribution < -0.4 is 5.56 Å². The summed E-state index contributed by atoms with van der Waals surface area (Å²) in [6.07, 6.45) is -3.46. The van der Waals surface area contributed by atoms with E-state index in [1.807, 2.05) is 0 Å². The van der Waals surface area contributed by atoms with Crippen LogP contribution in [0.1, 0.15) is 5.56 Å². The quantitative estimate of drug-likeness (QED) is 0.530. The molecule has 0 bridgehead atoms. The fraction of sp³-hybridized carbons (Fsp3) is 0.0588. The van der Waals surface area contributed by atoms with Gasteiger partial charge in [0, 0.05) is 11.6 Å². The van der Waals surface area contributed by atoms with Crippen molar-refractivity contribution in [1.82, 2.24) is 14.8 Å². The highest BCUT2D eigenvalue weighted by molar-refractivity contribution is 5.94. The van der Waals surface area contributed by atoms with Crippen molar-refractivity contribution in [1.29, 1.82) is 0 Å². The van der Waals surface area contributed by atoms with E-state index < -0.39 is 23.1 Å². The molecule has 2 aliphatic heterocycles. The topological polar surface area (TPSA) is 50.7 Å². The molecule has 2 aromatic rings. The van der Waals surface area contributed by atoms with Crippen molar-refractivity contribution < 1.29 is 17.6 Å². The van der Waals surface area contributed by atoms with Gasteiger partial charge in [-0.15, -0.1) is 0 Å². The lowest BCUT2D eigenvalue weighted by Gasteiger charge is -2.10. The molecule has 1 N–H and O–H groups in total. The molecule has 4 nitrogen and oxygen atoms in total. The second-order valence-electron chi connectivity index (χ2n) is 5.48. The first-order valence-corrected chi connectivity index (χ1v) is 7.22. The Morgan fingerprint density at radius 1 is 1.08 bits per heavy atom. The average molecular weight is 347 g/mol. The molecular weight excluding hydrogens is 338 g/mol. The number of pyridine rings is 1. The summed E-state index contributed by atoms with van der Waals surface area (Å²) in [4.78, 5) is 15.1. The molecule has 4 rings (SSSR count). The van der Waals surface area contributed by atoms with Crippen molar-refractivity contribution in [3.8, 4) is 16.9 Å². The Labute approximate surface area is 137 Å². The highest BCUT2D eigenvalue weighted by Crippen LogP contribution is 2.35. The third-order valence-electron chi connectivity index (χ3n) is 3.91. The molecule has 2 heterocycles. The number of nitrogens with one attached hydrogen (secondary N) is 1. The molecule has 0 aliphatic carbocycles. The van der Waals surface area contributed by atoms with Crippen LogP contribution in [0.4, 0.5) is 17.6 Å². The van der Waals surface area contributed by atoms with Crippen LogP contribution in [0.2, 0.25) is 0 Å². The molecular formula is C17H9F4N3O. The average Bonchev–Trinajstić information content (AvgIpc) is 2.92. The number of hydrogen-bond donors (Lipinski definition) is 1. The van der Waals surface area contributed by atoms with E-state index in [1.165, 1.54) is 6.20 Å². The molecule has 2 aromatic carbocycles. The number of aromatic nitrogens is 3. The Bertz CT molecular complexity index is 1110. The molecule has 8 heteroatoms. The molecule has 0 atom stereocenters. The zero-order valence-electron chi connectivity index (χ0n) is 12.4. The first-order chi connectivity index (χ1) is 11.9. The Hall–Kier alpha value is -3.16. The number of alkyl halides is 3. The van der Waals surface area contributed by atoms with E-state index in [0.29, 0.717) is 11.8 Å². The van der Waals surface area contributed by atoms with E-state index in [2.05, 4.69) is 10.1 Å².